The number of thioether (sulfide) groups is 1. The summed E-state index contributed by atoms with van der Waals surface area (Å²) in [5.74, 6) is 0.535. The molecule has 6 nitrogen and oxygen atoms in total. The van der Waals surface area contributed by atoms with Gasteiger partial charge in [-0.15, -0.1) is 0 Å². The number of aromatic nitrogens is 2. The largest absolute Gasteiger partial charge is 0.495 e. The number of nitrogens with one attached hydrogen (secondary N) is 1. The number of para-hydroxylation sites is 3. The molecular weight excluding hydrogens is 422 g/mol. The Bertz CT molecular complexity index is 1300. The van der Waals surface area contributed by atoms with E-state index in [1.54, 1.807) is 31.4 Å². The van der Waals surface area contributed by atoms with Crippen LogP contribution in [0.2, 0.25) is 0 Å². The van der Waals surface area contributed by atoms with Gasteiger partial charge in [0, 0.05) is 0 Å². The van der Waals surface area contributed by atoms with E-state index in [1.165, 1.54) is 16.3 Å². The molecule has 4 aromatic rings. The molecule has 0 aliphatic heterocycles. The van der Waals surface area contributed by atoms with Crippen LogP contribution in [0.3, 0.4) is 0 Å². The van der Waals surface area contributed by atoms with Crippen LogP contribution in [-0.2, 0) is 4.79 Å². The Hall–Kier alpha value is -3.58. The molecule has 0 aliphatic rings. The number of benzene rings is 3. The van der Waals surface area contributed by atoms with Crippen LogP contribution in [-0.4, -0.2) is 28.3 Å². The van der Waals surface area contributed by atoms with Crippen LogP contribution in [0.1, 0.15) is 18.5 Å². The summed E-state index contributed by atoms with van der Waals surface area (Å²) in [6, 6.07) is 24.1. The fourth-order valence-electron chi connectivity index (χ4n) is 3.47. The number of carbonyl (C=O) groups excluding carboxylic acids is 1. The molecule has 0 fully saturated rings. The predicted octanol–water partition coefficient (Wildman–Crippen LogP) is 4.36. The zero-order valence-electron chi connectivity index (χ0n) is 17.8. The maximum absolute atomic E-state index is 13.4. The van der Waals surface area contributed by atoms with Gasteiger partial charge in [0.25, 0.3) is 5.56 Å². The normalized spacial score (nSPS) is 11.8. The van der Waals surface area contributed by atoms with Gasteiger partial charge in [0.15, 0.2) is 5.16 Å². The third-order valence-electron chi connectivity index (χ3n) is 5.08. The first-order chi connectivity index (χ1) is 15.6. The van der Waals surface area contributed by atoms with Crippen molar-refractivity contribution in [2.75, 3.05) is 12.9 Å². The molecule has 0 bridgehead atoms. The van der Waals surface area contributed by atoms with Crippen LogP contribution in [0.15, 0.2) is 88.8 Å². The summed E-state index contributed by atoms with van der Waals surface area (Å²) in [5, 5.41) is 3.94. The highest BCUT2D eigenvalue weighted by Crippen LogP contribution is 2.27. The molecule has 162 valence electrons. The third-order valence-corrected chi connectivity index (χ3v) is 6.02. The average molecular weight is 446 g/mol. The summed E-state index contributed by atoms with van der Waals surface area (Å²) in [4.78, 5) is 30.7. The lowest BCUT2D eigenvalue weighted by molar-refractivity contribution is -0.119. The lowest BCUT2D eigenvalue weighted by Crippen LogP contribution is -2.29. The number of rotatable bonds is 7. The molecule has 7 heteroatoms. The molecule has 1 N–H and O–H groups in total. The number of carbonyl (C=O) groups is 1. The molecule has 0 radical (unpaired) electrons. The molecule has 0 aliphatic carbocycles. The first-order valence-electron chi connectivity index (χ1n) is 10.2. The van der Waals surface area contributed by atoms with Crippen molar-refractivity contribution in [3.63, 3.8) is 0 Å². The molecule has 4 rings (SSSR count). The van der Waals surface area contributed by atoms with Crippen LogP contribution in [0.25, 0.3) is 16.6 Å². The molecule has 1 heterocycles. The van der Waals surface area contributed by atoms with Gasteiger partial charge in [0.05, 0.1) is 35.5 Å². The first kappa shape index (κ1) is 21.6. The van der Waals surface area contributed by atoms with Gasteiger partial charge in [0.1, 0.15) is 5.75 Å². The van der Waals surface area contributed by atoms with Gasteiger partial charge in [-0.05, 0) is 36.8 Å². The van der Waals surface area contributed by atoms with E-state index in [0.717, 1.165) is 5.56 Å². The lowest BCUT2D eigenvalue weighted by atomic mass is 10.1. The maximum atomic E-state index is 13.4. The minimum absolute atomic E-state index is 0.120. The monoisotopic (exact) mass is 445 g/mol. The van der Waals surface area contributed by atoms with Crippen LogP contribution < -0.4 is 15.6 Å². The van der Waals surface area contributed by atoms with Crippen LogP contribution in [0, 0.1) is 0 Å². The number of fused-ring (bicyclic) bond motifs is 1. The Morgan fingerprint density at radius 1 is 1.03 bits per heavy atom. The highest BCUT2D eigenvalue weighted by atomic mass is 32.2. The van der Waals surface area contributed by atoms with Gasteiger partial charge in [-0.25, -0.2) is 4.98 Å². The molecule has 0 saturated carbocycles. The summed E-state index contributed by atoms with van der Waals surface area (Å²) in [7, 11) is 1.56. The van der Waals surface area contributed by atoms with Gasteiger partial charge in [-0.1, -0.05) is 66.4 Å². The summed E-state index contributed by atoms with van der Waals surface area (Å²) < 4.78 is 6.99. The van der Waals surface area contributed by atoms with Crippen molar-refractivity contribution in [3.8, 4) is 11.4 Å². The quantitative estimate of drug-likeness (QED) is 0.338. The van der Waals surface area contributed by atoms with E-state index in [9.17, 15) is 9.59 Å². The van der Waals surface area contributed by atoms with Gasteiger partial charge in [-0.3, -0.25) is 14.2 Å². The van der Waals surface area contributed by atoms with Crippen LogP contribution in [0.5, 0.6) is 5.75 Å². The van der Waals surface area contributed by atoms with Crippen molar-refractivity contribution in [2.24, 2.45) is 0 Å². The van der Waals surface area contributed by atoms with E-state index in [2.05, 4.69) is 10.3 Å². The Labute approximate surface area is 190 Å². The summed E-state index contributed by atoms with van der Waals surface area (Å²) >= 11 is 1.22. The van der Waals surface area contributed by atoms with E-state index in [0.29, 0.717) is 27.5 Å². The summed E-state index contributed by atoms with van der Waals surface area (Å²) in [6.07, 6.45) is 0. The molecule has 3 aromatic carbocycles. The highest BCUT2D eigenvalue weighted by Gasteiger charge is 2.18. The number of nitrogens with zero attached hydrogens (tertiary/aromatic N) is 2. The molecule has 1 aromatic heterocycles. The zero-order valence-corrected chi connectivity index (χ0v) is 18.6. The van der Waals surface area contributed by atoms with Crippen molar-refractivity contribution in [1.29, 1.82) is 0 Å². The van der Waals surface area contributed by atoms with Crippen molar-refractivity contribution in [3.05, 3.63) is 94.8 Å². The van der Waals surface area contributed by atoms with E-state index in [-0.39, 0.29) is 23.3 Å². The fourth-order valence-corrected chi connectivity index (χ4v) is 4.29. The Balaban J connectivity index is 1.66. The minimum Gasteiger partial charge on any atom is -0.495 e. The molecule has 0 saturated heterocycles. The number of hydrogen-bond donors (Lipinski definition) is 1. The number of hydrogen-bond acceptors (Lipinski definition) is 5. The van der Waals surface area contributed by atoms with E-state index < -0.39 is 0 Å². The van der Waals surface area contributed by atoms with Crippen molar-refractivity contribution >= 4 is 28.6 Å². The fraction of sp³-hybridized carbons (Fsp3) is 0.160. The molecular formula is C25H23N3O3S. The van der Waals surface area contributed by atoms with Crippen molar-refractivity contribution < 1.29 is 9.53 Å². The Morgan fingerprint density at radius 2 is 1.72 bits per heavy atom. The second-order valence-electron chi connectivity index (χ2n) is 7.21. The van der Waals surface area contributed by atoms with E-state index >= 15 is 0 Å². The SMILES string of the molecule is COc1ccccc1-n1c(SCC(=O)NC(C)c2ccccc2)nc2ccccc2c1=O. The Kier molecular flexibility index (Phi) is 6.56. The second kappa shape index (κ2) is 9.70. The van der Waals surface area contributed by atoms with Crippen molar-refractivity contribution in [1.82, 2.24) is 14.9 Å². The summed E-state index contributed by atoms with van der Waals surface area (Å²) in [6.45, 7) is 1.94. The number of ether oxygens (including phenoxy) is 1. The van der Waals surface area contributed by atoms with Crippen molar-refractivity contribution in [2.45, 2.75) is 18.1 Å². The zero-order chi connectivity index (χ0) is 22.5. The average Bonchev–Trinajstić information content (AvgIpc) is 2.83. The van der Waals surface area contributed by atoms with E-state index in [1.807, 2.05) is 61.5 Å². The van der Waals surface area contributed by atoms with Gasteiger partial charge in [-0.2, -0.15) is 0 Å². The van der Waals surface area contributed by atoms with Gasteiger partial charge < -0.3 is 10.1 Å². The molecule has 32 heavy (non-hydrogen) atoms. The summed E-state index contributed by atoms with van der Waals surface area (Å²) in [5.41, 5.74) is 1.99. The minimum atomic E-state index is -0.208. The predicted molar refractivity (Wildman–Crippen MR) is 128 cm³/mol. The smallest absolute Gasteiger partial charge is 0.266 e. The standard InChI is InChI=1S/C25H23N3O3S/c1-17(18-10-4-3-5-11-18)26-23(29)16-32-25-27-20-13-7-6-12-19(20)24(30)28(25)21-14-8-9-15-22(21)31-2/h3-15,17H,16H2,1-2H3,(H,26,29). The number of methoxy groups -OCH3 is 1. The van der Waals surface area contributed by atoms with Gasteiger partial charge in [0.2, 0.25) is 5.91 Å². The van der Waals surface area contributed by atoms with Crippen LogP contribution >= 0.6 is 11.8 Å². The number of amides is 1. The molecule has 1 amide bonds. The van der Waals surface area contributed by atoms with Gasteiger partial charge >= 0.3 is 0 Å². The highest BCUT2D eigenvalue weighted by molar-refractivity contribution is 7.99. The maximum Gasteiger partial charge on any atom is 0.266 e. The molecule has 1 unspecified atom stereocenters. The van der Waals surface area contributed by atoms with Crippen LogP contribution in [0.4, 0.5) is 0 Å². The topological polar surface area (TPSA) is 73.2 Å². The van der Waals surface area contributed by atoms with E-state index in [4.69, 9.17) is 4.74 Å². The second-order valence-corrected chi connectivity index (χ2v) is 8.15. The molecule has 0 spiro atoms. The molecule has 1 atom stereocenters. The Morgan fingerprint density at radius 3 is 2.50 bits per heavy atom. The lowest BCUT2D eigenvalue weighted by Gasteiger charge is -2.17. The third kappa shape index (κ3) is 4.53. The first-order valence-corrected chi connectivity index (χ1v) is 11.2.